The lowest BCUT2D eigenvalue weighted by atomic mass is 9.90. The molecule has 106 valence electrons. The van der Waals surface area contributed by atoms with Gasteiger partial charge in [0.2, 0.25) is 0 Å². The van der Waals surface area contributed by atoms with Gasteiger partial charge in [0.15, 0.2) is 5.78 Å². The van der Waals surface area contributed by atoms with Crippen LogP contribution in [0.15, 0.2) is 0 Å². The molecule has 2 unspecified atom stereocenters. The van der Waals surface area contributed by atoms with Crippen molar-refractivity contribution in [1.82, 2.24) is 15.1 Å². The van der Waals surface area contributed by atoms with Gasteiger partial charge in [-0.15, -0.1) is 0 Å². The number of hydrogen-bond donors (Lipinski definition) is 1. The fourth-order valence-electron chi connectivity index (χ4n) is 3.11. The van der Waals surface area contributed by atoms with Crippen molar-refractivity contribution in [3.63, 3.8) is 0 Å². The van der Waals surface area contributed by atoms with Crippen LogP contribution in [0.1, 0.15) is 54.9 Å². The third kappa shape index (κ3) is 3.06. The summed E-state index contributed by atoms with van der Waals surface area (Å²) in [6, 6.07) is 0.333. The summed E-state index contributed by atoms with van der Waals surface area (Å²) >= 11 is 0. The van der Waals surface area contributed by atoms with Crippen LogP contribution in [-0.4, -0.2) is 28.2 Å². The Hall–Kier alpha value is -1.16. The molecule has 4 nitrogen and oxygen atoms in total. The van der Waals surface area contributed by atoms with E-state index >= 15 is 0 Å². The van der Waals surface area contributed by atoms with Gasteiger partial charge >= 0.3 is 0 Å². The molecule has 19 heavy (non-hydrogen) atoms. The minimum Gasteiger partial charge on any atom is -0.314 e. The molecule has 2 heterocycles. The second-order valence-corrected chi connectivity index (χ2v) is 5.77. The highest BCUT2D eigenvalue weighted by Crippen LogP contribution is 2.21. The molecular formula is C15H25N3O. The first-order chi connectivity index (χ1) is 9.02. The summed E-state index contributed by atoms with van der Waals surface area (Å²) in [4.78, 5) is 12.5. The third-order valence-corrected chi connectivity index (χ3v) is 4.15. The summed E-state index contributed by atoms with van der Waals surface area (Å²) in [5.74, 6) is 0.959. The van der Waals surface area contributed by atoms with E-state index in [4.69, 9.17) is 0 Å². The highest BCUT2D eigenvalue weighted by atomic mass is 16.1. The second-order valence-electron chi connectivity index (χ2n) is 5.77. The molecule has 0 bridgehead atoms. The fourth-order valence-corrected chi connectivity index (χ4v) is 3.11. The molecule has 0 amide bonds. The smallest absolute Gasteiger partial charge is 0.168 e. The van der Waals surface area contributed by atoms with Gasteiger partial charge in [0.25, 0.3) is 0 Å². The van der Waals surface area contributed by atoms with E-state index in [9.17, 15) is 4.79 Å². The van der Waals surface area contributed by atoms with Crippen molar-refractivity contribution in [2.75, 3.05) is 6.54 Å². The molecule has 1 fully saturated rings. The number of carbonyl (C=O) groups is 1. The number of nitrogens with one attached hydrogen (secondary N) is 1. The van der Waals surface area contributed by atoms with Gasteiger partial charge in [-0.25, -0.2) is 0 Å². The highest BCUT2D eigenvalue weighted by molar-refractivity contribution is 5.98. The highest BCUT2D eigenvalue weighted by Gasteiger charge is 2.24. The van der Waals surface area contributed by atoms with E-state index in [0.717, 1.165) is 42.4 Å². The number of piperidine rings is 1. The Balaban J connectivity index is 2.09. The summed E-state index contributed by atoms with van der Waals surface area (Å²) < 4.78 is 1.92. The summed E-state index contributed by atoms with van der Waals surface area (Å²) in [6.07, 6.45) is 2.92. The van der Waals surface area contributed by atoms with Gasteiger partial charge in [-0.05, 0) is 46.1 Å². The molecule has 0 radical (unpaired) electrons. The average molecular weight is 263 g/mol. The van der Waals surface area contributed by atoms with Gasteiger partial charge in [-0.1, -0.05) is 6.92 Å². The van der Waals surface area contributed by atoms with Gasteiger partial charge in [-0.2, -0.15) is 5.10 Å². The SMILES string of the molecule is CCn1nc(C)c(C(=O)CC2CC(C)CCN2)c1C. The normalized spacial score (nSPS) is 23.6. The van der Waals surface area contributed by atoms with Crippen LogP contribution in [0.3, 0.4) is 0 Å². The Morgan fingerprint density at radius 1 is 1.47 bits per heavy atom. The van der Waals surface area contributed by atoms with Gasteiger partial charge < -0.3 is 5.32 Å². The number of aryl methyl sites for hydroxylation is 2. The standard InChI is InChI=1S/C15H25N3O/c1-5-18-12(4)15(11(3)17-18)14(19)9-13-8-10(2)6-7-16-13/h10,13,16H,5-9H2,1-4H3. The van der Waals surface area contributed by atoms with Crippen molar-refractivity contribution in [2.24, 2.45) is 5.92 Å². The maximum Gasteiger partial charge on any atom is 0.168 e. The van der Waals surface area contributed by atoms with Crippen LogP contribution in [0.4, 0.5) is 0 Å². The number of rotatable bonds is 4. The van der Waals surface area contributed by atoms with Crippen molar-refractivity contribution in [2.45, 2.75) is 59.5 Å². The van der Waals surface area contributed by atoms with Crippen LogP contribution in [0.25, 0.3) is 0 Å². The van der Waals surface area contributed by atoms with Crippen molar-refractivity contribution in [1.29, 1.82) is 0 Å². The van der Waals surface area contributed by atoms with Gasteiger partial charge in [0.1, 0.15) is 0 Å². The first-order valence-electron chi connectivity index (χ1n) is 7.33. The monoisotopic (exact) mass is 263 g/mol. The number of aromatic nitrogens is 2. The minimum absolute atomic E-state index is 0.237. The van der Waals surface area contributed by atoms with Crippen molar-refractivity contribution in [3.8, 4) is 0 Å². The zero-order valence-corrected chi connectivity index (χ0v) is 12.5. The lowest BCUT2D eigenvalue weighted by Gasteiger charge is -2.27. The Morgan fingerprint density at radius 3 is 2.79 bits per heavy atom. The summed E-state index contributed by atoms with van der Waals surface area (Å²) in [7, 11) is 0. The first-order valence-corrected chi connectivity index (χ1v) is 7.33. The summed E-state index contributed by atoms with van der Waals surface area (Å²) in [5, 5.41) is 7.90. The van der Waals surface area contributed by atoms with Crippen LogP contribution in [0.5, 0.6) is 0 Å². The van der Waals surface area contributed by atoms with Gasteiger partial charge in [0, 0.05) is 24.7 Å². The lowest BCUT2D eigenvalue weighted by molar-refractivity contribution is 0.0957. The molecule has 0 spiro atoms. The van der Waals surface area contributed by atoms with Gasteiger partial charge in [-0.3, -0.25) is 9.48 Å². The first kappa shape index (κ1) is 14.3. The molecule has 2 rings (SSSR count). The van der Waals surface area contributed by atoms with Crippen LogP contribution < -0.4 is 5.32 Å². The predicted octanol–water partition coefficient (Wildman–Crippen LogP) is 2.48. The number of hydrogen-bond acceptors (Lipinski definition) is 3. The Kier molecular flexibility index (Phi) is 4.40. The van der Waals surface area contributed by atoms with Crippen LogP contribution in [-0.2, 0) is 6.54 Å². The van der Waals surface area contributed by atoms with Crippen LogP contribution >= 0.6 is 0 Å². The van der Waals surface area contributed by atoms with E-state index in [1.165, 1.54) is 6.42 Å². The fraction of sp³-hybridized carbons (Fsp3) is 0.733. The van der Waals surface area contributed by atoms with E-state index in [1.807, 2.05) is 18.5 Å². The average Bonchev–Trinajstić information content (AvgIpc) is 2.64. The van der Waals surface area contributed by atoms with Crippen molar-refractivity contribution in [3.05, 3.63) is 17.0 Å². The summed E-state index contributed by atoms with van der Waals surface area (Å²) in [5.41, 5.74) is 2.71. The molecule has 1 aliphatic heterocycles. The molecule has 1 aliphatic rings. The molecule has 2 atom stereocenters. The van der Waals surface area contributed by atoms with Crippen molar-refractivity contribution < 1.29 is 4.79 Å². The molecule has 1 N–H and O–H groups in total. The zero-order valence-electron chi connectivity index (χ0n) is 12.5. The molecular weight excluding hydrogens is 238 g/mol. The molecule has 0 aliphatic carbocycles. The minimum atomic E-state index is 0.237. The maximum atomic E-state index is 12.5. The number of nitrogens with zero attached hydrogens (tertiary/aromatic N) is 2. The lowest BCUT2D eigenvalue weighted by Crippen LogP contribution is -2.38. The van der Waals surface area contributed by atoms with E-state index in [2.05, 4.69) is 24.3 Å². The molecule has 1 aromatic rings. The quantitative estimate of drug-likeness (QED) is 0.849. The van der Waals surface area contributed by atoms with Crippen LogP contribution in [0, 0.1) is 19.8 Å². The van der Waals surface area contributed by atoms with E-state index in [-0.39, 0.29) is 5.78 Å². The zero-order chi connectivity index (χ0) is 14.0. The Morgan fingerprint density at radius 2 is 2.21 bits per heavy atom. The molecule has 0 aromatic carbocycles. The number of carbonyl (C=O) groups excluding carboxylic acids is 1. The largest absolute Gasteiger partial charge is 0.314 e. The maximum absolute atomic E-state index is 12.5. The Bertz CT molecular complexity index is 464. The molecule has 1 aromatic heterocycles. The van der Waals surface area contributed by atoms with E-state index < -0.39 is 0 Å². The number of ketones is 1. The van der Waals surface area contributed by atoms with Crippen molar-refractivity contribution >= 4 is 5.78 Å². The molecule has 1 saturated heterocycles. The van der Waals surface area contributed by atoms with E-state index in [1.54, 1.807) is 0 Å². The predicted molar refractivity (Wildman–Crippen MR) is 76.5 cm³/mol. The topological polar surface area (TPSA) is 46.9 Å². The number of Topliss-reactive ketones (excluding diaryl/α,β-unsaturated/α-hetero) is 1. The molecule has 0 saturated carbocycles. The third-order valence-electron chi connectivity index (χ3n) is 4.15. The summed E-state index contributed by atoms with van der Waals surface area (Å²) in [6.45, 7) is 10.1. The van der Waals surface area contributed by atoms with Gasteiger partial charge in [0.05, 0.1) is 11.3 Å². The van der Waals surface area contributed by atoms with E-state index in [0.29, 0.717) is 12.5 Å². The second kappa shape index (κ2) is 5.87. The van der Waals surface area contributed by atoms with Crippen LogP contribution in [0.2, 0.25) is 0 Å². The Labute approximate surface area is 115 Å². The molecule has 4 heteroatoms.